The molecule has 0 aliphatic carbocycles. The number of hydrogen-bond acceptors (Lipinski definition) is 4. The Hall–Kier alpha value is -2.32. The van der Waals surface area contributed by atoms with Gasteiger partial charge in [0.2, 0.25) is 0 Å². The van der Waals surface area contributed by atoms with Crippen LogP contribution in [-0.2, 0) is 0 Å². The van der Waals surface area contributed by atoms with E-state index in [1.165, 1.54) is 0 Å². The largest absolute Gasteiger partial charge is 0.410 e. The van der Waals surface area contributed by atoms with Gasteiger partial charge in [-0.05, 0) is 24.3 Å². The Morgan fingerprint density at radius 2 is 2.35 bits per heavy atom. The molecule has 84 valence electrons. The normalized spacial score (nSPS) is 11.2. The molecule has 6 heteroatoms. The van der Waals surface area contributed by atoms with Crippen molar-refractivity contribution in [3.05, 3.63) is 47.8 Å². The molecule has 2 rings (SSSR count). The first-order valence-electron chi connectivity index (χ1n) is 4.68. The standard InChI is InChI=1S/C11H7ClN4O/c12-11(15-17)8-2-3-10(9(6-8)7-13)16-5-1-4-14-16/h1-6,17H/b15-11-. The van der Waals surface area contributed by atoms with E-state index in [-0.39, 0.29) is 5.17 Å². The van der Waals surface area contributed by atoms with Gasteiger partial charge in [-0.3, -0.25) is 0 Å². The zero-order chi connectivity index (χ0) is 12.3. The van der Waals surface area contributed by atoms with Crippen molar-refractivity contribution in [1.29, 1.82) is 5.26 Å². The van der Waals surface area contributed by atoms with Crippen LogP contribution in [0, 0.1) is 11.3 Å². The van der Waals surface area contributed by atoms with Crippen molar-refractivity contribution in [2.75, 3.05) is 0 Å². The van der Waals surface area contributed by atoms with Gasteiger partial charge in [-0.15, -0.1) is 0 Å². The highest BCUT2D eigenvalue weighted by Crippen LogP contribution is 2.16. The van der Waals surface area contributed by atoms with Gasteiger partial charge in [0, 0.05) is 18.0 Å². The van der Waals surface area contributed by atoms with Gasteiger partial charge in [0.15, 0.2) is 5.17 Å². The lowest BCUT2D eigenvalue weighted by molar-refractivity contribution is 0.321. The molecule has 1 heterocycles. The van der Waals surface area contributed by atoms with Gasteiger partial charge in [-0.1, -0.05) is 16.8 Å². The summed E-state index contributed by atoms with van der Waals surface area (Å²) in [7, 11) is 0. The molecule has 0 radical (unpaired) electrons. The molecule has 2 aromatic rings. The number of nitriles is 1. The molecule has 0 fully saturated rings. The molecule has 1 N–H and O–H groups in total. The highest BCUT2D eigenvalue weighted by atomic mass is 35.5. The Morgan fingerprint density at radius 1 is 1.53 bits per heavy atom. The van der Waals surface area contributed by atoms with Crippen LogP contribution in [0.4, 0.5) is 0 Å². The van der Waals surface area contributed by atoms with Crippen LogP contribution in [0.25, 0.3) is 5.69 Å². The van der Waals surface area contributed by atoms with Crippen LogP contribution in [-0.4, -0.2) is 20.2 Å². The van der Waals surface area contributed by atoms with Crippen molar-refractivity contribution in [2.45, 2.75) is 0 Å². The zero-order valence-electron chi connectivity index (χ0n) is 8.58. The Bertz CT molecular complexity index is 598. The quantitative estimate of drug-likeness (QED) is 0.501. The van der Waals surface area contributed by atoms with Crippen LogP contribution >= 0.6 is 11.6 Å². The first kappa shape index (κ1) is 11.2. The third-order valence-corrected chi connectivity index (χ3v) is 2.49. The Labute approximate surface area is 102 Å². The van der Waals surface area contributed by atoms with Crippen LogP contribution in [0.5, 0.6) is 0 Å². The summed E-state index contributed by atoms with van der Waals surface area (Å²) in [5, 5.41) is 24.5. The van der Waals surface area contributed by atoms with E-state index in [1.807, 2.05) is 6.07 Å². The van der Waals surface area contributed by atoms with Crippen molar-refractivity contribution in [3.63, 3.8) is 0 Å². The zero-order valence-corrected chi connectivity index (χ0v) is 9.33. The van der Waals surface area contributed by atoms with E-state index in [1.54, 1.807) is 41.3 Å². The number of hydrogen-bond donors (Lipinski definition) is 1. The predicted octanol–water partition coefficient (Wildman–Crippen LogP) is 2.12. The van der Waals surface area contributed by atoms with E-state index in [2.05, 4.69) is 10.3 Å². The van der Waals surface area contributed by atoms with Gasteiger partial charge >= 0.3 is 0 Å². The van der Waals surface area contributed by atoms with Gasteiger partial charge in [0.05, 0.1) is 11.3 Å². The first-order valence-corrected chi connectivity index (χ1v) is 5.06. The molecular weight excluding hydrogens is 240 g/mol. The minimum absolute atomic E-state index is 0.0616. The molecule has 0 unspecified atom stereocenters. The van der Waals surface area contributed by atoms with Crippen molar-refractivity contribution in [1.82, 2.24) is 9.78 Å². The Balaban J connectivity index is 2.55. The molecule has 0 saturated carbocycles. The number of halogens is 1. The molecule has 0 aliphatic rings. The number of nitrogens with zero attached hydrogens (tertiary/aromatic N) is 4. The summed E-state index contributed by atoms with van der Waals surface area (Å²) in [4.78, 5) is 0. The van der Waals surface area contributed by atoms with Crippen LogP contribution in [0.15, 0.2) is 41.8 Å². The van der Waals surface area contributed by atoms with Crippen LogP contribution in [0.2, 0.25) is 0 Å². The second-order valence-corrected chi connectivity index (χ2v) is 3.54. The third-order valence-electron chi connectivity index (χ3n) is 2.19. The summed E-state index contributed by atoms with van der Waals surface area (Å²) in [5.74, 6) is 0. The van der Waals surface area contributed by atoms with Gasteiger partial charge < -0.3 is 5.21 Å². The summed E-state index contributed by atoms with van der Waals surface area (Å²) in [5.41, 5.74) is 1.51. The fraction of sp³-hybridized carbons (Fsp3) is 0. The average molecular weight is 247 g/mol. The van der Waals surface area contributed by atoms with Gasteiger partial charge in [0.25, 0.3) is 0 Å². The molecule has 1 aromatic heterocycles. The number of rotatable bonds is 2. The average Bonchev–Trinajstić information content (AvgIpc) is 2.90. The fourth-order valence-corrected chi connectivity index (χ4v) is 1.54. The van der Waals surface area contributed by atoms with Crippen molar-refractivity contribution < 1.29 is 5.21 Å². The molecule has 0 saturated heterocycles. The van der Waals surface area contributed by atoms with Gasteiger partial charge in [-0.2, -0.15) is 10.4 Å². The topological polar surface area (TPSA) is 74.2 Å². The maximum absolute atomic E-state index is 9.06. The lowest BCUT2D eigenvalue weighted by Crippen LogP contribution is -2.00. The number of oxime groups is 1. The van der Waals surface area contributed by atoms with E-state index >= 15 is 0 Å². The second kappa shape index (κ2) is 4.68. The van der Waals surface area contributed by atoms with Crippen molar-refractivity contribution in [3.8, 4) is 11.8 Å². The second-order valence-electron chi connectivity index (χ2n) is 3.19. The Kier molecular flexibility index (Phi) is 3.08. The smallest absolute Gasteiger partial charge is 0.175 e. The van der Waals surface area contributed by atoms with E-state index in [4.69, 9.17) is 22.1 Å². The first-order chi connectivity index (χ1) is 8.26. The SMILES string of the molecule is N#Cc1cc(/C(Cl)=N/O)ccc1-n1cccn1. The molecule has 1 aromatic carbocycles. The molecule has 0 bridgehead atoms. The highest BCUT2D eigenvalue weighted by molar-refractivity contribution is 6.69. The molecule has 0 spiro atoms. The van der Waals surface area contributed by atoms with E-state index in [0.29, 0.717) is 16.8 Å². The minimum Gasteiger partial charge on any atom is -0.410 e. The van der Waals surface area contributed by atoms with Crippen molar-refractivity contribution in [2.24, 2.45) is 5.16 Å². The van der Waals surface area contributed by atoms with Crippen molar-refractivity contribution >= 4 is 16.8 Å². The monoisotopic (exact) mass is 246 g/mol. The van der Waals surface area contributed by atoms with Crippen LogP contribution in [0.3, 0.4) is 0 Å². The molecule has 0 aliphatic heterocycles. The van der Waals surface area contributed by atoms with E-state index in [9.17, 15) is 0 Å². The summed E-state index contributed by atoms with van der Waals surface area (Å²) >= 11 is 5.67. The fourth-order valence-electron chi connectivity index (χ4n) is 1.42. The summed E-state index contributed by atoms with van der Waals surface area (Å²) in [6.07, 6.45) is 3.36. The molecule has 17 heavy (non-hydrogen) atoms. The Morgan fingerprint density at radius 3 is 2.94 bits per heavy atom. The van der Waals surface area contributed by atoms with Gasteiger partial charge in [-0.25, -0.2) is 4.68 Å². The van der Waals surface area contributed by atoms with Gasteiger partial charge in [0.1, 0.15) is 6.07 Å². The van der Waals surface area contributed by atoms with Crippen LogP contribution in [0.1, 0.15) is 11.1 Å². The van der Waals surface area contributed by atoms with Crippen LogP contribution < -0.4 is 0 Å². The van der Waals surface area contributed by atoms with E-state index < -0.39 is 0 Å². The molecular formula is C11H7ClN4O. The maximum Gasteiger partial charge on any atom is 0.175 e. The van der Waals surface area contributed by atoms with E-state index in [0.717, 1.165) is 0 Å². The summed E-state index contributed by atoms with van der Waals surface area (Å²) in [6, 6.07) is 8.69. The molecule has 0 amide bonds. The lowest BCUT2D eigenvalue weighted by Gasteiger charge is -2.05. The maximum atomic E-state index is 9.06. The number of aromatic nitrogens is 2. The summed E-state index contributed by atoms with van der Waals surface area (Å²) in [6.45, 7) is 0. The third kappa shape index (κ3) is 2.12. The lowest BCUT2D eigenvalue weighted by atomic mass is 10.1. The number of benzene rings is 1. The highest BCUT2D eigenvalue weighted by Gasteiger charge is 2.08. The minimum atomic E-state index is -0.0616. The predicted molar refractivity (Wildman–Crippen MR) is 62.5 cm³/mol. The molecule has 0 atom stereocenters. The summed E-state index contributed by atoms with van der Waals surface area (Å²) < 4.78 is 1.58. The molecule has 5 nitrogen and oxygen atoms in total.